The lowest BCUT2D eigenvalue weighted by atomic mass is 9.93. The normalized spacial score (nSPS) is 15.6. The van der Waals surface area contributed by atoms with Gasteiger partial charge < -0.3 is 0 Å². The van der Waals surface area contributed by atoms with Gasteiger partial charge >= 0.3 is 0 Å². The summed E-state index contributed by atoms with van der Waals surface area (Å²) in [5.74, 6) is 0.752. The molecule has 0 nitrogen and oxygen atoms in total. The summed E-state index contributed by atoms with van der Waals surface area (Å²) in [5.41, 5.74) is 2.67. The first-order valence-electron chi connectivity index (χ1n) is 6.12. The summed E-state index contributed by atoms with van der Waals surface area (Å²) < 4.78 is 0. The quantitative estimate of drug-likeness (QED) is 0.638. The molecule has 1 aliphatic carbocycles. The van der Waals surface area contributed by atoms with Gasteiger partial charge in [-0.15, -0.1) is 0 Å². The van der Waals surface area contributed by atoms with Crippen LogP contribution in [-0.4, -0.2) is 0 Å². The molecule has 0 aliphatic heterocycles. The van der Waals surface area contributed by atoms with E-state index in [1.807, 2.05) is 13.8 Å². The maximum atomic E-state index is 4.21. The number of benzene rings is 1. The van der Waals surface area contributed by atoms with Crippen LogP contribution in [0.15, 0.2) is 36.9 Å². The Morgan fingerprint density at radius 3 is 2.13 bits per heavy atom. The highest BCUT2D eigenvalue weighted by atomic mass is 14.2. The summed E-state index contributed by atoms with van der Waals surface area (Å²) in [7, 11) is 0. The fourth-order valence-corrected chi connectivity index (χ4v) is 2.16. The molecule has 1 aliphatic rings. The van der Waals surface area contributed by atoms with Gasteiger partial charge in [-0.2, -0.15) is 0 Å². The first-order valence-corrected chi connectivity index (χ1v) is 6.12. The van der Waals surface area contributed by atoms with Crippen LogP contribution in [0.1, 0.15) is 45.1 Å². The van der Waals surface area contributed by atoms with Gasteiger partial charge in [0.15, 0.2) is 0 Å². The molecule has 0 heterocycles. The van der Waals surface area contributed by atoms with Crippen LogP contribution in [0.4, 0.5) is 0 Å². The van der Waals surface area contributed by atoms with Crippen molar-refractivity contribution in [2.45, 2.75) is 39.5 Å². The SMILES string of the molecule is C=C(c1ccccc1)C1CCCC1.CC. The van der Waals surface area contributed by atoms with Crippen molar-refractivity contribution in [3.8, 4) is 0 Å². The van der Waals surface area contributed by atoms with Crippen molar-refractivity contribution in [2.75, 3.05) is 0 Å². The second-order valence-corrected chi connectivity index (χ2v) is 3.87. The molecule has 82 valence electrons. The standard InChI is InChI=1S/C13H16.C2H6/c1-11(13-9-5-6-10-13)12-7-3-2-4-8-12;1-2/h2-4,7-8,13H,1,5-6,9-10H2;1-2H3. The molecule has 0 atom stereocenters. The van der Waals surface area contributed by atoms with Crippen molar-refractivity contribution < 1.29 is 0 Å². The van der Waals surface area contributed by atoms with Gasteiger partial charge in [0.2, 0.25) is 0 Å². The van der Waals surface area contributed by atoms with Gasteiger partial charge in [0, 0.05) is 0 Å². The Kier molecular flexibility index (Phi) is 5.17. The van der Waals surface area contributed by atoms with Crippen molar-refractivity contribution in [2.24, 2.45) is 5.92 Å². The molecule has 0 bridgehead atoms. The molecular formula is C15H22. The van der Waals surface area contributed by atoms with Crippen molar-refractivity contribution in [3.63, 3.8) is 0 Å². The first kappa shape index (κ1) is 12.0. The van der Waals surface area contributed by atoms with Crippen molar-refractivity contribution in [3.05, 3.63) is 42.5 Å². The first-order chi connectivity index (χ1) is 7.38. The molecule has 1 aromatic rings. The maximum absolute atomic E-state index is 4.21. The fourth-order valence-electron chi connectivity index (χ4n) is 2.16. The van der Waals surface area contributed by atoms with Gasteiger partial charge in [-0.05, 0) is 29.9 Å². The average molecular weight is 202 g/mol. The van der Waals surface area contributed by atoms with E-state index >= 15 is 0 Å². The van der Waals surface area contributed by atoms with E-state index in [1.54, 1.807) is 0 Å². The molecule has 0 heteroatoms. The topological polar surface area (TPSA) is 0 Å². The van der Waals surface area contributed by atoms with E-state index < -0.39 is 0 Å². The smallest absolute Gasteiger partial charge is 0.0162 e. The molecule has 0 saturated heterocycles. The van der Waals surface area contributed by atoms with E-state index in [0.29, 0.717) is 0 Å². The third kappa shape index (κ3) is 3.23. The highest BCUT2D eigenvalue weighted by Gasteiger charge is 2.18. The third-order valence-electron chi connectivity index (χ3n) is 2.99. The molecule has 0 aromatic heterocycles. The van der Waals surface area contributed by atoms with Crippen molar-refractivity contribution >= 4 is 5.57 Å². The summed E-state index contributed by atoms with van der Waals surface area (Å²) in [6, 6.07) is 10.6. The van der Waals surface area contributed by atoms with Crippen LogP contribution in [0, 0.1) is 5.92 Å². The van der Waals surface area contributed by atoms with E-state index in [-0.39, 0.29) is 0 Å². The molecule has 1 saturated carbocycles. The molecule has 0 spiro atoms. The van der Waals surface area contributed by atoms with Gasteiger partial charge in [-0.25, -0.2) is 0 Å². The lowest BCUT2D eigenvalue weighted by Gasteiger charge is -2.12. The number of allylic oxidation sites excluding steroid dienone is 1. The lowest BCUT2D eigenvalue weighted by Crippen LogP contribution is -1.95. The van der Waals surface area contributed by atoms with Crippen LogP contribution < -0.4 is 0 Å². The monoisotopic (exact) mass is 202 g/mol. The van der Waals surface area contributed by atoms with Gasteiger partial charge in [0.1, 0.15) is 0 Å². The Balaban J connectivity index is 0.000000531. The molecule has 0 unspecified atom stereocenters. The summed E-state index contributed by atoms with van der Waals surface area (Å²) in [6.45, 7) is 8.21. The van der Waals surface area contributed by atoms with Crippen LogP contribution in [0.5, 0.6) is 0 Å². The molecule has 0 N–H and O–H groups in total. The summed E-state index contributed by atoms with van der Waals surface area (Å²) in [5, 5.41) is 0. The highest BCUT2D eigenvalue weighted by Crippen LogP contribution is 2.35. The van der Waals surface area contributed by atoms with Crippen molar-refractivity contribution in [1.29, 1.82) is 0 Å². The molecule has 15 heavy (non-hydrogen) atoms. The average Bonchev–Trinajstić information content (AvgIpc) is 2.85. The van der Waals surface area contributed by atoms with Crippen LogP contribution in [0.3, 0.4) is 0 Å². The Labute approximate surface area is 94.0 Å². The van der Waals surface area contributed by atoms with E-state index in [1.165, 1.54) is 36.8 Å². The maximum Gasteiger partial charge on any atom is -0.0162 e. The minimum absolute atomic E-state index is 0.752. The lowest BCUT2D eigenvalue weighted by molar-refractivity contribution is 0.707. The summed E-state index contributed by atoms with van der Waals surface area (Å²) in [4.78, 5) is 0. The molecular weight excluding hydrogens is 180 g/mol. The van der Waals surface area contributed by atoms with Gasteiger partial charge in [0.05, 0.1) is 0 Å². The fraction of sp³-hybridized carbons (Fsp3) is 0.467. The van der Waals surface area contributed by atoms with Crippen LogP contribution in [-0.2, 0) is 0 Å². The van der Waals surface area contributed by atoms with Crippen molar-refractivity contribution in [1.82, 2.24) is 0 Å². The van der Waals surface area contributed by atoms with E-state index in [4.69, 9.17) is 0 Å². The number of rotatable bonds is 2. The molecule has 0 radical (unpaired) electrons. The minimum Gasteiger partial charge on any atom is -0.0950 e. The molecule has 1 fully saturated rings. The van der Waals surface area contributed by atoms with E-state index in [9.17, 15) is 0 Å². The van der Waals surface area contributed by atoms with Gasteiger partial charge in [0.25, 0.3) is 0 Å². The van der Waals surface area contributed by atoms with Crippen LogP contribution >= 0.6 is 0 Å². The number of hydrogen-bond donors (Lipinski definition) is 0. The predicted molar refractivity (Wildman–Crippen MR) is 68.8 cm³/mol. The highest BCUT2D eigenvalue weighted by molar-refractivity contribution is 5.65. The largest absolute Gasteiger partial charge is 0.0950 e. The Morgan fingerprint density at radius 2 is 1.60 bits per heavy atom. The summed E-state index contributed by atoms with van der Waals surface area (Å²) in [6.07, 6.45) is 5.45. The van der Waals surface area contributed by atoms with Gasteiger partial charge in [-0.3, -0.25) is 0 Å². The zero-order valence-electron chi connectivity index (χ0n) is 10.00. The summed E-state index contributed by atoms with van der Waals surface area (Å²) >= 11 is 0. The third-order valence-corrected chi connectivity index (χ3v) is 2.99. The zero-order chi connectivity index (χ0) is 11.1. The predicted octanol–water partition coefficient (Wildman–Crippen LogP) is 4.92. The minimum atomic E-state index is 0.752. The molecule has 1 aromatic carbocycles. The Morgan fingerprint density at radius 1 is 1.07 bits per heavy atom. The van der Waals surface area contributed by atoms with E-state index in [0.717, 1.165) is 5.92 Å². The van der Waals surface area contributed by atoms with E-state index in [2.05, 4.69) is 36.9 Å². The Bertz CT molecular complexity index is 278. The number of hydrogen-bond acceptors (Lipinski definition) is 0. The second-order valence-electron chi connectivity index (χ2n) is 3.87. The second kappa shape index (κ2) is 6.44. The zero-order valence-corrected chi connectivity index (χ0v) is 10.00. The van der Waals surface area contributed by atoms with Crippen LogP contribution in [0.2, 0.25) is 0 Å². The van der Waals surface area contributed by atoms with Crippen LogP contribution in [0.25, 0.3) is 5.57 Å². The van der Waals surface area contributed by atoms with Gasteiger partial charge in [-0.1, -0.05) is 63.6 Å². The molecule has 2 rings (SSSR count). The molecule has 0 amide bonds. The Hall–Kier alpha value is -1.04.